The SMILES string of the molecule is CCc1ccc(-c2ccc(O)cc2CCC[Si](Cl)Cl)cc1. The molecule has 0 aliphatic carbocycles. The molecule has 0 bridgehead atoms. The van der Waals surface area contributed by atoms with Crippen molar-refractivity contribution in [2.75, 3.05) is 0 Å². The molecule has 4 heteroatoms. The fraction of sp³-hybridized carbons (Fsp3) is 0.294. The van der Waals surface area contributed by atoms with Gasteiger partial charge in [-0.05, 0) is 59.7 Å². The van der Waals surface area contributed by atoms with Crippen LogP contribution in [0.15, 0.2) is 42.5 Å². The Labute approximate surface area is 137 Å². The first-order valence-corrected chi connectivity index (χ1v) is 10.9. The summed E-state index contributed by atoms with van der Waals surface area (Å²) in [7, 11) is -1.22. The monoisotopic (exact) mass is 337 g/mol. The predicted molar refractivity (Wildman–Crippen MR) is 93.5 cm³/mol. The Hall–Kier alpha value is -0.963. The third-order valence-electron chi connectivity index (χ3n) is 3.57. The predicted octanol–water partition coefficient (Wildman–Crippen LogP) is 5.52. The van der Waals surface area contributed by atoms with Crippen LogP contribution >= 0.6 is 22.2 Å². The summed E-state index contributed by atoms with van der Waals surface area (Å²) in [5.41, 5.74) is 4.84. The molecule has 1 N–H and O–H groups in total. The second-order valence-electron chi connectivity index (χ2n) is 5.08. The van der Waals surface area contributed by atoms with Crippen molar-refractivity contribution in [1.82, 2.24) is 0 Å². The molecule has 0 saturated carbocycles. The lowest BCUT2D eigenvalue weighted by Crippen LogP contribution is -1.96. The summed E-state index contributed by atoms with van der Waals surface area (Å²) >= 11 is 11.8. The number of aryl methyl sites for hydroxylation is 2. The lowest BCUT2D eigenvalue weighted by molar-refractivity contribution is 0.474. The third-order valence-corrected chi connectivity index (χ3v) is 5.44. The molecule has 2 aromatic rings. The van der Waals surface area contributed by atoms with Gasteiger partial charge in [0, 0.05) is 0 Å². The molecule has 0 amide bonds. The lowest BCUT2D eigenvalue weighted by Gasteiger charge is -2.11. The molecule has 0 fully saturated rings. The minimum Gasteiger partial charge on any atom is -0.508 e. The van der Waals surface area contributed by atoms with E-state index in [-0.39, 0.29) is 0 Å². The van der Waals surface area contributed by atoms with Gasteiger partial charge in [0.05, 0.1) is 0 Å². The van der Waals surface area contributed by atoms with Crippen LogP contribution in [-0.2, 0) is 12.8 Å². The maximum absolute atomic E-state index is 9.73. The first kappa shape index (κ1) is 16.4. The Bertz CT molecular complexity index is 582. The summed E-state index contributed by atoms with van der Waals surface area (Å²) in [6.07, 6.45) is 2.87. The van der Waals surface area contributed by atoms with Crippen LogP contribution in [0, 0.1) is 0 Å². The van der Waals surface area contributed by atoms with Crippen LogP contribution in [0.2, 0.25) is 6.04 Å². The highest BCUT2D eigenvalue weighted by molar-refractivity contribution is 7.33. The van der Waals surface area contributed by atoms with E-state index in [9.17, 15) is 5.11 Å². The van der Waals surface area contributed by atoms with Crippen LogP contribution in [0.25, 0.3) is 11.1 Å². The Morgan fingerprint density at radius 2 is 1.76 bits per heavy atom. The second kappa shape index (κ2) is 7.88. The van der Waals surface area contributed by atoms with Gasteiger partial charge in [-0.3, -0.25) is 0 Å². The van der Waals surface area contributed by atoms with E-state index >= 15 is 0 Å². The number of phenolic OH excluding ortho intramolecular Hbond substituents is 1. The molecule has 0 spiro atoms. The first-order chi connectivity index (χ1) is 10.1. The van der Waals surface area contributed by atoms with E-state index in [0.29, 0.717) is 5.75 Å². The van der Waals surface area contributed by atoms with E-state index in [1.54, 1.807) is 6.07 Å². The third kappa shape index (κ3) is 4.77. The van der Waals surface area contributed by atoms with Crippen molar-refractivity contribution in [3.05, 3.63) is 53.6 Å². The van der Waals surface area contributed by atoms with Crippen molar-refractivity contribution in [3.8, 4) is 16.9 Å². The number of phenols is 1. The maximum Gasteiger partial charge on any atom is 0.273 e. The van der Waals surface area contributed by atoms with Gasteiger partial charge >= 0.3 is 0 Å². The molecule has 1 nitrogen and oxygen atoms in total. The van der Waals surface area contributed by atoms with Crippen LogP contribution in [0.3, 0.4) is 0 Å². The molecule has 2 rings (SSSR count). The standard InChI is InChI=1S/C17H19Cl2OSi/c1-2-13-5-7-14(8-6-13)17-10-9-16(20)12-15(17)4-3-11-21(18)19/h5-10,12,20H,2-4,11H2,1H3. The normalized spacial score (nSPS) is 11.0. The summed E-state index contributed by atoms with van der Waals surface area (Å²) in [6.45, 7) is 2.15. The van der Waals surface area contributed by atoms with Gasteiger partial charge in [0.15, 0.2) is 0 Å². The number of hydrogen-bond donors (Lipinski definition) is 1. The van der Waals surface area contributed by atoms with Crippen molar-refractivity contribution in [3.63, 3.8) is 0 Å². The molecule has 0 aliphatic rings. The van der Waals surface area contributed by atoms with Crippen molar-refractivity contribution in [1.29, 1.82) is 0 Å². The molecule has 21 heavy (non-hydrogen) atoms. The zero-order chi connectivity index (χ0) is 15.2. The second-order valence-corrected chi connectivity index (χ2v) is 9.58. The number of benzene rings is 2. The maximum atomic E-state index is 9.73. The molecule has 0 saturated heterocycles. The van der Waals surface area contributed by atoms with Crippen LogP contribution in [0.4, 0.5) is 0 Å². The van der Waals surface area contributed by atoms with Gasteiger partial charge in [-0.25, -0.2) is 0 Å². The van der Waals surface area contributed by atoms with E-state index in [0.717, 1.165) is 30.9 Å². The van der Waals surface area contributed by atoms with Gasteiger partial charge in [-0.15, -0.1) is 22.2 Å². The van der Waals surface area contributed by atoms with Gasteiger partial charge < -0.3 is 5.11 Å². The number of hydrogen-bond acceptors (Lipinski definition) is 1. The smallest absolute Gasteiger partial charge is 0.273 e. The molecule has 111 valence electrons. The van der Waals surface area contributed by atoms with Crippen molar-refractivity contribution in [2.45, 2.75) is 32.2 Å². The zero-order valence-electron chi connectivity index (χ0n) is 12.1. The molecular weight excluding hydrogens is 319 g/mol. The summed E-state index contributed by atoms with van der Waals surface area (Å²) in [5.74, 6) is 0.307. The fourth-order valence-electron chi connectivity index (χ4n) is 2.40. The van der Waals surface area contributed by atoms with Crippen molar-refractivity contribution >= 4 is 29.6 Å². The van der Waals surface area contributed by atoms with Gasteiger partial charge in [0.25, 0.3) is 7.42 Å². The zero-order valence-corrected chi connectivity index (χ0v) is 14.6. The van der Waals surface area contributed by atoms with Gasteiger partial charge in [0.1, 0.15) is 5.75 Å². The largest absolute Gasteiger partial charge is 0.508 e. The van der Waals surface area contributed by atoms with E-state index in [1.165, 1.54) is 16.7 Å². The highest BCUT2D eigenvalue weighted by atomic mass is 35.7. The van der Waals surface area contributed by atoms with Crippen LogP contribution in [-0.4, -0.2) is 12.5 Å². The van der Waals surface area contributed by atoms with Gasteiger partial charge in [-0.1, -0.05) is 37.3 Å². The van der Waals surface area contributed by atoms with Crippen molar-refractivity contribution < 1.29 is 5.11 Å². The van der Waals surface area contributed by atoms with Crippen LogP contribution < -0.4 is 0 Å². The van der Waals surface area contributed by atoms with E-state index < -0.39 is 7.42 Å². The Kier molecular flexibility index (Phi) is 6.16. The number of halogens is 2. The molecule has 2 aromatic carbocycles. The van der Waals surface area contributed by atoms with E-state index in [1.807, 2.05) is 12.1 Å². The molecule has 0 aromatic heterocycles. The molecular formula is C17H19Cl2OSi. The Balaban J connectivity index is 2.24. The number of rotatable bonds is 6. The summed E-state index contributed by atoms with van der Waals surface area (Å²) in [4.78, 5) is 0. The first-order valence-electron chi connectivity index (χ1n) is 7.18. The van der Waals surface area contributed by atoms with E-state index in [2.05, 4.69) is 31.2 Å². The van der Waals surface area contributed by atoms with Crippen LogP contribution in [0.1, 0.15) is 24.5 Å². The average molecular weight is 338 g/mol. The molecule has 0 atom stereocenters. The van der Waals surface area contributed by atoms with Gasteiger partial charge in [0.2, 0.25) is 0 Å². The Morgan fingerprint density at radius 1 is 1.05 bits per heavy atom. The average Bonchev–Trinajstić information content (AvgIpc) is 2.47. The van der Waals surface area contributed by atoms with E-state index in [4.69, 9.17) is 22.2 Å². The Morgan fingerprint density at radius 3 is 2.38 bits per heavy atom. The van der Waals surface area contributed by atoms with Gasteiger partial charge in [-0.2, -0.15) is 0 Å². The fourth-order valence-corrected chi connectivity index (χ4v) is 3.65. The minimum atomic E-state index is -1.22. The molecule has 0 aliphatic heterocycles. The summed E-state index contributed by atoms with van der Waals surface area (Å²) in [5, 5.41) is 9.73. The minimum absolute atomic E-state index is 0.307. The molecule has 1 radical (unpaired) electrons. The van der Waals surface area contributed by atoms with Crippen molar-refractivity contribution in [2.24, 2.45) is 0 Å². The summed E-state index contributed by atoms with van der Waals surface area (Å²) in [6, 6.07) is 15.0. The lowest BCUT2D eigenvalue weighted by atomic mass is 9.95. The quantitative estimate of drug-likeness (QED) is 0.543. The highest BCUT2D eigenvalue weighted by Crippen LogP contribution is 2.29. The molecule has 0 unspecified atom stereocenters. The number of aromatic hydroxyl groups is 1. The topological polar surface area (TPSA) is 20.2 Å². The summed E-state index contributed by atoms with van der Waals surface area (Å²) < 4.78 is 0. The molecule has 0 heterocycles. The van der Waals surface area contributed by atoms with Crippen LogP contribution in [0.5, 0.6) is 5.75 Å². The highest BCUT2D eigenvalue weighted by Gasteiger charge is 2.09.